The minimum absolute atomic E-state index is 0.117. The summed E-state index contributed by atoms with van der Waals surface area (Å²) < 4.78 is 13.8. The molecule has 0 aliphatic carbocycles. The zero-order valence-electron chi connectivity index (χ0n) is 11.9. The predicted molar refractivity (Wildman–Crippen MR) is 81.8 cm³/mol. The number of carbonyl (C=O) groups is 1. The molecule has 1 aliphatic heterocycles. The number of primary amides is 1. The van der Waals surface area contributed by atoms with Crippen molar-refractivity contribution >= 4 is 11.6 Å². The molecule has 1 aliphatic rings. The Morgan fingerprint density at radius 2 is 1.95 bits per heavy atom. The zero-order chi connectivity index (χ0) is 15.7. The van der Waals surface area contributed by atoms with E-state index in [1.54, 1.807) is 23.1 Å². The lowest BCUT2D eigenvalue weighted by atomic mass is 10.1. The topological polar surface area (TPSA) is 66.6 Å². The summed E-state index contributed by atoms with van der Waals surface area (Å²) >= 11 is 0. The van der Waals surface area contributed by atoms with Crippen LogP contribution in [0.2, 0.25) is 0 Å². The van der Waals surface area contributed by atoms with Crippen molar-refractivity contribution in [2.45, 2.75) is 18.6 Å². The minimum Gasteiger partial charge on any atom is -0.386 e. The van der Waals surface area contributed by atoms with Crippen LogP contribution < -0.4 is 10.6 Å². The summed E-state index contributed by atoms with van der Waals surface area (Å²) in [5.74, 6) is -0.907. The van der Waals surface area contributed by atoms with E-state index in [4.69, 9.17) is 5.73 Å². The number of rotatable bonds is 4. The molecule has 0 saturated carbocycles. The molecule has 0 bridgehead atoms. The van der Waals surface area contributed by atoms with E-state index >= 15 is 0 Å². The number of amides is 1. The van der Waals surface area contributed by atoms with Gasteiger partial charge < -0.3 is 15.7 Å². The van der Waals surface area contributed by atoms with Gasteiger partial charge in [0.05, 0.1) is 6.10 Å². The van der Waals surface area contributed by atoms with Gasteiger partial charge in [-0.2, -0.15) is 0 Å². The van der Waals surface area contributed by atoms with Crippen LogP contribution in [0.15, 0.2) is 48.5 Å². The number of anilines is 1. The second kappa shape index (κ2) is 5.77. The molecule has 0 fully saturated rings. The van der Waals surface area contributed by atoms with Crippen LogP contribution in [0.1, 0.15) is 17.2 Å². The van der Waals surface area contributed by atoms with Crippen molar-refractivity contribution < 1.29 is 14.3 Å². The first-order valence-corrected chi connectivity index (χ1v) is 7.14. The number of halogens is 1. The van der Waals surface area contributed by atoms with Crippen molar-refractivity contribution in [2.24, 2.45) is 5.73 Å². The molecule has 0 spiro atoms. The predicted octanol–water partition coefficient (Wildman–Crippen LogP) is 1.78. The highest BCUT2D eigenvalue weighted by Gasteiger charge is 2.34. The van der Waals surface area contributed by atoms with Crippen LogP contribution in [0, 0.1) is 5.82 Å². The van der Waals surface area contributed by atoms with Crippen LogP contribution in [0.4, 0.5) is 10.1 Å². The third kappa shape index (κ3) is 2.55. The molecule has 2 atom stereocenters. The van der Waals surface area contributed by atoms with Crippen LogP contribution in [0.25, 0.3) is 0 Å². The fraction of sp³-hybridized carbons (Fsp3) is 0.235. The van der Waals surface area contributed by atoms with Gasteiger partial charge in [0.2, 0.25) is 5.91 Å². The Hall–Kier alpha value is -2.40. The number of hydrogen-bond acceptors (Lipinski definition) is 3. The highest BCUT2D eigenvalue weighted by Crippen LogP contribution is 2.33. The summed E-state index contributed by atoms with van der Waals surface area (Å²) in [6.07, 6.45) is -0.524. The molecule has 2 aromatic carbocycles. The molecule has 2 aromatic rings. The number of aliphatic hydroxyl groups is 1. The Labute approximate surface area is 128 Å². The van der Waals surface area contributed by atoms with E-state index in [0.717, 1.165) is 11.3 Å². The number of hydrogen-bond donors (Lipinski definition) is 2. The number of carbonyl (C=O) groups excluding carboxylic acids is 1. The first-order valence-electron chi connectivity index (χ1n) is 7.14. The van der Waals surface area contributed by atoms with Crippen LogP contribution in [-0.2, 0) is 11.2 Å². The molecule has 1 amide bonds. The number of aliphatic hydroxyl groups excluding tert-OH is 1. The van der Waals surface area contributed by atoms with Crippen molar-refractivity contribution in [1.29, 1.82) is 0 Å². The van der Waals surface area contributed by atoms with E-state index in [1.165, 1.54) is 6.07 Å². The van der Waals surface area contributed by atoms with Gasteiger partial charge in [0.25, 0.3) is 0 Å². The molecule has 1 unspecified atom stereocenters. The lowest BCUT2D eigenvalue weighted by Gasteiger charge is -2.28. The van der Waals surface area contributed by atoms with Crippen molar-refractivity contribution in [3.63, 3.8) is 0 Å². The van der Waals surface area contributed by atoms with E-state index < -0.39 is 23.9 Å². The van der Waals surface area contributed by atoms with E-state index in [0.29, 0.717) is 6.42 Å². The molecular formula is C17H17FN2O2. The van der Waals surface area contributed by atoms with Gasteiger partial charge in [0.1, 0.15) is 11.9 Å². The van der Waals surface area contributed by atoms with Crippen LogP contribution in [-0.4, -0.2) is 23.6 Å². The maximum absolute atomic E-state index is 13.8. The van der Waals surface area contributed by atoms with E-state index in [2.05, 4.69) is 0 Å². The fourth-order valence-electron chi connectivity index (χ4n) is 2.96. The third-order valence-corrected chi connectivity index (χ3v) is 4.05. The number of nitrogens with zero attached hydrogens (tertiary/aromatic N) is 1. The van der Waals surface area contributed by atoms with Crippen LogP contribution >= 0.6 is 0 Å². The molecule has 0 aromatic heterocycles. The quantitative estimate of drug-likeness (QED) is 0.904. The monoisotopic (exact) mass is 300 g/mol. The minimum atomic E-state index is -1.03. The number of fused-ring (bicyclic) bond motifs is 1. The summed E-state index contributed by atoms with van der Waals surface area (Å²) in [4.78, 5) is 13.4. The summed E-state index contributed by atoms with van der Waals surface area (Å²) in [5, 5.41) is 10.4. The molecule has 3 N–H and O–H groups in total. The first kappa shape index (κ1) is 14.5. The van der Waals surface area contributed by atoms with Crippen LogP contribution in [0.5, 0.6) is 0 Å². The maximum atomic E-state index is 13.8. The van der Waals surface area contributed by atoms with E-state index in [-0.39, 0.29) is 12.1 Å². The van der Waals surface area contributed by atoms with Crippen molar-refractivity contribution in [1.82, 2.24) is 0 Å². The number of benzene rings is 2. The van der Waals surface area contributed by atoms with Crippen LogP contribution in [0.3, 0.4) is 0 Å². The first-order chi connectivity index (χ1) is 10.6. The zero-order valence-corrected chi connectivity index (χ0v) is 11.9. The molecule has 114 valence electrons. The Morgan fingerprint density at radius 1 is 1.27 bits per heavy atom. The SMILES string of the molecule is NC(=O)[C@@H]1Cc2ccccc2N1CC(O)c1ccccc1F. The van der Waals surface area contributed by atoms with Gasteiger partial charge in [-0.3, -0.25) is 4.79 Å². The largest absolute Gasteiger partial charge is 0.386 e. The second-order valence-electron chi connectivity index (χ2n) is 5.44. The number of nitrogens with two attached hydrogens (primary N) is 1. The molecule has 5 heteroatoms. The highest BCUT2D eigenvalue weighted by molar-refractivity contribution is 5.86. The van der Waals surface area contributed by atoms with Crippen molar-refractivity contribution in [2.75, 3.05) is 11.4 Å². The standard InChI is InChI=1S/C17H17FN2O2/c18-13-7-3-2-6-12(13)16(21)10-20-14-8-4-1-5-11(14)9-15(20)17(19)22/h1-8,15-16,21H,9-10H2,(H2,19,22)/t15-,16?/m0/s1. The Kier molecular flexibility index (Phi) is 3.81. The molecular weight excluding hydrogens is 283 g/mol. The van der Waals surface area contributed by atoms with Gasteiger partial charge in [0.15, 0.2) is 0 Å². The maximum Gasteiger partial charge on any atom is 0.240 e. The number of β-amino-alcohol motifs (C(OH)–C–C–N with tert-alkyl or cyclic N) is 1. The van der Waals surface area contributed by atoms with E-state index in [9.17, 15) is 14.3 Å². The van der Waals surface area contributed by atoms with Gasteiger partial charge in [-0.05, 0) is 17.7 Å². The van der Waals surface area contributed by atoms with Gasteiger partial charge in [-0.25, -0.2) is 4.39 Å². The Morgan fingerprint density at radius 3 is 2.68 bits per heavy atom. The normalized spacial score (nSPS) is 18.1. The highest BCUT2D eigenvalue weighted by atomic mass is 19.1. The van der Waals surface area contributed by atoms with Gasteiger partial charge in [-0.15, -0.1) is 0 Å². The summed E-state index contributed by atoms with van der Waals surface area (Å²) in [7, 11) is 0. The molecule has 1 heterocycles. The molecule has 3 rings (SSSR count). The smallest absolute Gasteiger partial charge is 0.240 e. The van der Waals surface area contributed by atoms with Gasteiger partial charge >= 0.3 is 0 Å². The molecule has 0 radical (unpaired) electrons. The van der Waals surface area contributed by atoms with E-state index in [1.807, 2.05) is 24.3 Å². The van der Waals surface area contributed by atoms with Crippen molar-refractivity contribution in [3.05, 3.63) is 65.5 Å². The van der Waals surface area contributed by atoms with Crippen molar-refractivity contribution in [3.8, 4) is 0 Å². The molecule has 4 nitrogen and oxygen atoms in total. The summed E-state index contributed by atoms with van der Waals surface area (Å²) in [6, 6.07) is 13.2. The Bertz CT molecular complexity index is 705. The lowest BCUT2D eigenvalue weighted by molar-refractivity contribution is -0.119. The summed E-state index contributed by atoms with van der Waals surface area (Å²) in [5.41, 5.74) is 7.56. The Balaban J connectivity index is 1.89. The lowest BCUT2D eigenvalue weighted by Crippen LogP contribution is -2.44. The fourth-order valence-corrected chi connectivity index (χ4v) is 2.96. The average Bonchev–Trinajstić information content (AvgIpc) is 2.87. The average molecular weight is 300 g/mol. The van der Waals surface area contributed by atoms with Gasteiger partial charge in [0, 0.05) is 24.2 Å². The van der Waals surface area contributed by atoms with Gasteiger partial charge in [-0.1, -0.05) is 36.4 Å². The summed E-state index contributed by atoms with van der Waals surface area (Å²) in [6.45, 7) is 0.117. The second-order valence-corrected chi connectivity index (χ2v) is 5.44. The molecule has 0 saturated heterocycles. The molecule has 22 heavy (non-hydrogen) atoms. The third-order valence-electron chi connectivity index (χ3n) is 4.05. The number of para-hydroxylation sites is 1.